The van der Waals surface area contributed by atoms with Crippen molar-refractivity contribution in [3.8, 4) is 5.75 Å². The SMILES string of the molecule is CN1CCN(C(=S)c2ccc(OCC(=O)Nc3cc(Cl)cc(Cl)c3)cc2)CC1. The second-order valence-corrected chi connectivity index (χ2v) is 7.87. The fourth-order valence-corrected chi connectivity index (χ4v) is 3.70. The molecule has 28 heavy (non-hydrogen) atoms. The van der Waals surface area contributed by atoms with Crippen LogP contribution in [0.15, 0.2) is 42.5 Å². The number of benzene rings is 2. The quantitative estimate of drug-likeness (QED) is 0.717. The first-order valence-electron chi connectivity index (χ1n) is 8.87. The molecule has 2 aromatic rings. The van der Waals surface area contributed by atoms with Crippen molar-refractivity contribution in [3.63, 3.8) is 0 Å². The van der Waals surface area contributed by atoms with Crippen molar-refractivity contribution in [2.75, 3.05) is 45.2 Å². The number of hydrogen-bond acceptors (Lipinski definition) is 4. The molecule has 3 rings (SSSR count). The Balaban J connectivity index is 1.51. The summed E-state index contributed by atoms with van der Waals surface area (Å²) in [4.78, 5) is 17.4. The minimum Gasteiger partial charge on any atom is -0.484 e. The zero-order valence-electron chi connectivity index (χ0n) is 15.5. The molecule has 1 amide bonds. The van der Waals surface area contributed by atoms with Gasteiger partial charge in [-0.3, -0.25) is 4.79 Å². The Morgan fingerprint density at radius 2 is 1.68 bits per heavy atom. The third-order valence-electron chi connectivity index (χ3n) is 4.41. The molecule has 0 saturated carbocycles. The number of piperazine rings is 1. The summed E-state index contributed by atoms with van der Waals surface area (Å²) in [5, 5.41) is 3.61. The van der Waals surface area contributed by atoms with Crippen LogP contribution in [0, 0.1) is 0 Å². The Bertz CT molecular complexity index is 833. The van der Waals surface area contributed by atoms with E-state index in [2.05, 4.69) is 22.2 Å². The van der Waals surface area contributed by atoms with Crippen LogP contribution in [0.4, 0.5) is 5.69 Å². The summed E-state index contributed by atoms with van der Waals surface area (Å²) in [5.74, 6) is 0.305. The van der Waals surface area contributed by atoms with E-state index in [4.69, 9.17) is 40.2 Å². The Morgan fingerprint density at radius 1 is 1.07 bits per heavy atom. The molecule has 1 heterocycles. The number of thiocarbonyl (C=S) groups is 1. The lowest BCUT2D eigenvalue weighted by Gasteiger charge is -2.34. The van der Waals surface area contributed by atoms with Gasteiger partial charge < -0.3 is 19.9 Å². The van der Waals surface area contributed by atoms with Crippen LogP contribution in [0.25, 0.3) is 0 Å². The number of carbonyl (C=O) groups is 1. The van der Waals surface area contributed by atoms with Crippen LogP contribution in [-0.2, 0) is 4.79 Å². The van der Waals surface area contributed by atoms with Crippen molar-refractivity contribution in [1.29, 1.82) is 0 Å². The van der Waals surface area contributed by atoms with Crippen molar-refractivity contribution >= 4 is 52.0 Å². The maximum Gasteiger partial charge on any atom is 0.262 e. The molecule has 1 N–H and O–H groups in total. The number of amides is 1. The number of rotatable bonds is 5. The number of hydrogen-bond donors (Lipinski definition) is 1. The average Bonchev–Trinajstić information content (AvgIpc) is 2.66. The van der Waals surface area contributed by atoms with Crippen LogP contribution >= 0.6 is 35.4 Å². The predicted molar refractivity (Wildman–Crippen MR) is 118 cm³/mol. The predicted octanol–water partition coefficient (Wildman–Crippen LogP) is 3.93. The molecular formula is C20H21Cl2N3O2S. The van der Waals surface area contributed by atoms with Gasteiger partial charge in [0, 0.05) is 47.5 Å². The summed E-state index contributed by atoms with van der Waals surface area (Å²) in [6, 6.07) is 12.3. The van der Waals surface area contributed by atoms with Crippen LogP contribution in [0.3, 0.4) is 0 Å². The molecule has 0 aliphatic carbocycles. The van der Waals surface area contributed by atoms with Crippen molar-refractivity contribution < 1.29 is 9.53 Å². The molecule has 1 aliphatic heterocycles. The average molecular weight is 438 g/mol. The monoisotopic (exact) mass is 437 g/mol. The lowest BCUT2D eigenvalue weighted by Crippen LogP contribution is -2.46. The lowest BCUT2D eigenvalue weighted by molar-refractivity contribution is -0.118. The Kier molecular flexibility index (Phi) is 7.13. The van der Waals surface area contributed by atoms with Crippen molar-refractivity contribution in [2.45, 2.75) is 0 Å². The molecule has 2 aromatic carbocycles. The van der Waals surface area contributed by atoms with E-state index >= 15 is 0 Å². The Morgan fingerprint density at radius 3 is 2.29 bits per heavy atom. The second kappa shape index (κ2) is 9.56. The number of nitrogens with zero attached hydrogens (tertiary/aromatic N) is 2. The van der Waals surface area contributed by atoms with E-state index in [0.29, 0.717) is 21.5 Å². The number of anilines is 1. The highest BCUT2D eigenvalue weighted by Crippen LogP contribution is 2.22. The zero-order valence-corrected chi connectivity index (χ0v) is 17.8. The Hall–Kier alpha value is -1.86. The maximum absolute atomic E-state index is 12.1. The van der Waals surface area contributed by atoms with E-state index in [1.807, 2.05) is 24.3 Å². The number of likely N-dealkylation sites (N-methyl/N-ethyl adjacent to an activating group) is 1. The first-order valence-corrected chi connectivity index (χ1v) is 10.0. The van der Waals surface area contributed by atoms with E-state index in [-0.39, 0.29) is 12.5 Å². The largest absolute Gasteiger partial charge is 0.484 e. The molecule has 1 fully saturated rings. The highest BCUT2D eigenvalue weighted by molar-refractivity contribution is 7.80. The Labute approximate surface area is 180 Å². The van der Waals surface area contributed by atoms with E-state index in [1.165, 1.54) is 0 Å². The zero-order chi connectivity index (χ0) is 20.1. The standard InChI is InChI=1S/C20H21Cl2N3O2S/c1-24-6-8-25(9-7-24)20(28)14-2-4-18(5-3-14)27-13-19(26)23-17-11-15(21)10-16(22)12-17/h2-5,10-12H,6-9,13H2,1H3,(H,23,26). The second-order valence-electron chi connectivity index (χ2n) is 6.61. The fraction of sp³-hybridized carbons (Fsp3) is 0.300. The van der Waals surface area contributed by atoms with Gasteiger partial charge in [0.15, 0.2) is 6.61 Å². The smallest absolute Gasteiger partial charge is 0.262 e. The molecule has 0 atom stereocenters. The van der Waals surface area contributed by atoms with Crippen LogP contribution in [0.5, 0.6) is 5.75 Å². The van der Waals surface area contributed by atoms with Gasteiger partial charge in [0.1, 0.15) is 10.7 Å². The van der Waals surface area contributed by atoms with Gasteiger partial charge in [-0.15, -0.1) is 0 Å². The molecule has 0 spiro atoms. The van der Waals surface area contributed by atoms with Crippen LogP contribution in [-0.4, -0.2) is 60.5 Å². The van der Waals surface area contributed by atoms with Crippen LogP contribution in [0.1, 0.15) is 5.56 Å². The molecule has 0 unspecified atom stereocenters. The number of halogens is 2. The highest BCUT2D eigenvalue weighted by atomic mass is 35.5. The van der Waals surface area contributed by atoms with E-state index in [0.717, 1.165) is 36.7 Å². The summed E-state index contributed by atoms with van der Waals surface area (Å²) >= 11 is 17.5. The topological polar surface area (TPSA) is 44.8 Å². The first kappa shape index (κ1) is 20.9. The summed E-state index contributed by atoms with van der Waals surface area (Å²) in [6.07, 6.45) is 0. The first-order chi connectivity index (χ1) is 13.4. The summed E-state index contributed by atoms with van der Waals surface area (Å²) in [5.41, 5.74) is 1.50. The molecule has 0 bridgehead atoms. The highest BCUT2D eigenvalue weighted by Gasteiger charge is 2.17. The number of carbonyl (C=O) groups excluding carboxylic acids is 1. The molecule has 0 radical (unpaired) electrons. The number of nitrogens with one attached hydrogen (secondary N) is 1. The summed E-state index contributed by atoms with van der Waals surface area (Å²) in [7, 11) is 2.11. The van der Waals surface area contributed by atoms with Gasteiger partial charge in [0.05, 0.1) is 0 Å². The molecule has 5 nitrogen and oxygen atoms in total. The van der Waals surface area contributed by atoms with Gasteiger partial charge >= 0.3 is 0 Å². The molecule has 8 heteroatoms. The molecular weight excluding hydrogens is 417 g/mol. The van der Waals surface area contributed by atoms with Crippen molar-refractivity contribution in [1.82, 2.24) is 9.80 Å². The van der Waals surface area contributed by atoms with E-state index in [9.17, 15) is 4.79 Å². The van der Waals surface area contributed by atoms with Crippen molar-refractivity contribution in [2.24, 2.45) is 0 Å². The molecule has 1 aliphatic rings. The van der Waals surface area contributed by atoms with Gasteiger partial charge in [-0.25, -0.2) is 0 Å². The van der Waals surface area contributed by atoms with Gasteiger partial charge in [-0.1, -0.05) is 35.4 Å². The van der Waals surface area contributed by atoms with Gasteiger partial charge in [-0.05, 0) is 49.5 Å². The molecule has 0 aromatic heterocycles. The minimum atomic E-state index is -0.296. The number of ether oxygens (including phenoxy) is 1. The third kappa shape index (κ3) is 5.82. The van der Waals surface area contributed by atoms with Gasteiger partial charge in [0.2, 0.25) is 0 Å². The molecule has 148 valence electrons. The lowest BCUT2D eigenvalue weighted by atomic mass is 10.2. The van der Waals surface area contributed by atoms with E-state index in [1.54, 1.807) is 18.2 Å². The van der Waals surface area contributed by atoms with Crippen LogP contribution < -0.4 is 10.1 Å². The van der Waals surface area contributed by atoms with Crippen LogP contribution in [0.2, 0.25) is 10.0 Å². The summed E-state index contributed by atoms with van der Waals surface area (Å²) < 4.78 is 5.55. The molecule has 1 saturated heterocycles. The van der Waals surface area contributed by atoms with Crippen molar-refractivity contribution in [3.05, 3.63) is 58.1 Å². The fourth-order valence-electron chi connectivity index (χ4n) is 2.86. The van der Waals surface area contributed by atoms with Gasteiger partial charge in [0.25, 0.3) is 5.91 Å². The normalized spacial score (nSPS) is 14.6. The maximum atomic E-state index is 12.1. The summed E-state index contributed by atoms with van der Waals surface area (Å²) in [6.45, 7) is 3.76. The van der Waals surface area contributed by atoms with E-state index < -0.39 is 0 Å². The van der Waals surface area contributed by atoms with Gasteiger partial charge in [-0.2, -0.15) is 0 Å². The minimum absolute atomic E-state index is 0.119. The third-order valence-corrected chi connectivity index (χ3v) is 5.34.